The highest BCUT2D eigenvalue weighted by atomic mass is 32.2. The number of sulfonamides is 1. The molecular formula is C13H23N3O4S. The molecule has 2 heterocycles. The summed E-state index contributed by atoms with van der Waals surface area (Å²) in [6.07, 6.45) is 1.24. The monoisotopic (exact) mass is 317 g/mol. The van der Waals surface area contributed by atoms with Crippen molar-refractivity contribution in [3.8, 4) is 0 Å². The van der Waals surface area contributed by atoms with E-state index in [0.29, 0.717) is 19.7 Å². The molecule has 0 bridgehead atoms. The first-order chi connectivity index (χ1) is 9.80. The second-order valence-corrected chi connectivity index (χ2v) is 7.62. The average molecular weight is 317 g/mol. The van der Waals surface area contributed by atoms with Gasteiger partial charge >= 0.3 is 0 Å². The zero-order chi connectivity index (χ0) is 15.7. The smallest absolute Gasteiger partial charge is 0.260 e. The van der Waals surface area contributed by atoms with Crippen LogP contribution in [0.25, 0.3) is 0 Å². The van der Waals surface area contributed by atoms with Gasteiger partial charge in [-0.2, -0.15) is 9.40 Å². The molecule has 0 saturated carbocycles. The molecule has 0 radical (unpaired) electrons. The van der Waals surface area contributed by atoms with Crippen LogP contribution < -0.4 is 0 Å². The highest BCUT2D eigenvalue weighted by Gasteiger charge is 2.40. The first kappa shape index (κ1) is 16.4. The van der Waals surface area contributed by atoms with Crippen LogP contribution in [0.1, 0.15) is 20.8 Å². The van der Waals surface area contributed by atoms with Gasteiger partial charge in [-0.15, -0.1) is 0 Å². The van der Waals surface area contributed by atoms with Crippen LogP contribution in [-0.2, 0) is 26.0 Å². The van der Waals surface area contributed by atoms with Gasteiger partial charge in [0.15, 0.2) is 5.03 Å². The Kier molecular flexibility index (Phi) is 4.72. The summed E-state index contributed by atoms with van der Waals surface area (Å²) in [4.78, 5) is 0. The number of methoxy groups -OCH3 is 1. The number of hydrogen-bond donors (Lipinski definition) is 0. The van der Waals surface area contributed by atoms with Crippen molar-refractivity contribution < 1.29 is 17.9 Å². The van der Waals surface area contributed by atoms with Gasteiger partial charge in [-0.1, -0.05) is 0 Å². The summed E-state index contributed by atoms with van der Waals surface area (Å²) in [5.74, 6) is 0. The molecule has 7 nitrogen and oxygen atoms in total. The molecule has 21 heavy (non-hydrogen) atoms. The first-order valence-corrected chi connectivity index (χ1v) is 8.43. The van der Waals surface area contributed by atoms with Crippen LogP contribution in [0, 0.1) is 0 Å². The van der Waals surface area contributed by atoms with Gasteiger partial charge in [-0.3, -0.25) is 4.68 Å². The number of rotatable bonds is 5. The standard InChI is InChI=1S/C13H23N3O4S/c1-5-16-12(6-7-14-16)21(17,18)15-8-11(9-19-4)20-13(2,3)10-15/h6-7,11H,5,8-10H2,1-4H3/t11-/m1/s1. The number of aryl methyl sites for hydroxylation is 1. The number of aromatic nitrogens is 2. The van der Waals surface area contributed by atoms with Gasteiger partial charge in [0.25, 0.3) is 10.0 Å². The van der Waals surface area contributed by atoms with Gasteiger partial charge in [0.2, 0.25) is 0 Å². The summed E-state index contributed by atoms with van der Waals surface area (Å²) in [5, 5.41) is 4.26. The van der Waals surface area contributed by atoms with E-state index in [-0.39, 0.29) is 17.7 Å². The van der Waals surface area contributed by atoms with E-state index in [1.54, 1.807) is 7.11 Å². The largest absolute Gasteiger partial charge is 0.382 e. The molecule has 0 unspecified atom stereocenters. The highest BCUT2D eigenvalue weighted by molar-refractivity contribution is 7.89. The molecule has 1 atom stereocenters. The van der Waals surface area contributed by atoms with Gasteiger partial charge in [0.05, 0.1) is 24.5 Å². The van der Waals surface area contributed by atoms with Crippen LogP contribution in [0.2, 0.25) is 0 Å². The van der Waals surface area contributed by atoms with Crippen LogP contribution in [-0.4, -0.2) is 61.0 Å². The van der Waals surface area contributed by atoms with Crippen molar-refractivity contribution in [1.82, 2.24) is 14.1 Å². The predicted octanol–water partition coefficient (Wildman–Crippen LogP) is 0.717. The van der Waals surface area contributed by atoms with E-state index >= 15 is 0 Å². The third kappa shape index (κ3) is 3.45. The van der Waals surface area contributed by atoms with Gasteiger partial charge in [-0.05, 0) is 26.8 Å². The fraction of sp³-hybridized carbons (Fsp3) is 0.769. The summed E-state index contributed by atoms with van der Waals surface area (Å²) in [7, 11) is -2.01. The lowest BCUT2D eigenvalue weighted by Gasteiger charge is -2.41. The molecule has 1 aliphatic heterocycles. The molecular weight excluding hydrogens is 294 g/mol. The van der Waals surface area contributed by atoms with Crippen LogP contribution in [0.3, 0.4) is 0 Å². The van der Waals surface area contributed by atoms with E-state index in [0.717, 1.165) is 0 Å². The number of morpholine rings is 1. The van der Waals surface area contributed by atoms with E-state index < -0.39 is 15.6 Å². The molecule has 0 amide bonds. The van der Waals surface area contributed by atoms with Crippen molar-refractivity contribution in [3.63, 3.8) is 0 Å². The van der Waals surface area contributed by atoms with Crippen LogP contribution in [0.5, 0.6) is 0 Å². The summed E-state index contributed by atoms with van der Waals surface area (Å²) < 4.78 is 39.6. The number of hydrogen-bond acceptors (Lipinski definition) is 5. The molecule has 2 rings (SSSR count). The topological polar surface area (TPSA) is 73.7 Å². The zero-order valence-electron chi connectivity index (χ0n) is 12.9. The van der Waals surface area contributed by atoms with Gasteiger partial charge in [-0.25, -0.2) is 8.42 Å². The molecule has 0 spiro atoms. The van der Waals surface area contributed by atoms with E-state index in [4.69, 9.17) is 9.47 Å². The molecule has 8 heteroatoms. The molecule has 0 aliphatic carbocycles. The van der Waals surface area contributed by atoms with Crippen LogP contribution in [0.4, 0.5) is 0 Å². The quantitative estimate of drug-likeness (QED) is 0.800. The van der Waals surface area contributed by atoms with Crippen molar-refractivity contribution >= 4 is 10.0 Å². The third-order valence-electron chi connectivity index (χ3n) is 3.38. The Balaban J connectivity index is 2.30. The van der Waals surface area contributed by atoms with Crippen molar-refractivity contribution in [2.45, 2.75) is 44.0 Å². The van der Waals surface area contributed by atoms with E-state index in [1.807, 2.05) is 20.8 Å². The predicted molar refractivity (Wildman–Crippen MR) is 77.5 cm³/mol. The Hall–Kier alpha value is -0.960. The minimum absolute atomic E-state index is 0.221. The fourth-order valence-corrected chi connectivity index (χ4v) is 4.39. The Morgan fingerprint density at radius 3 is 2.86 bits per heavy atom. The van der Waals surface area contributed by atoms with Crippen LogP contribution in [0.15, 0.2) is 17.3 Å². The van der Waals surface area contributed by atoms with Gasteiger partial charge < -0.3 is 9.47 Å². The Labute approximate surface area is 125 Å². The molecule has 1 fully saturated rings. The lowest BCUT2D eigenvalue weighted by atomic mass is 10.1. The summed E-state index contributed by atoms with van der Waals surface area (Å²) in [6.45, 7) is 7.10. The van der Waals surface area contributed by atoms with Gasteiger partial charge in [0.1, 0.15) is 0 Å². The maximum Gasteiger partial charge on any atom is 0.260 e. The number of ether oxygens (including phenoxy) is 2. The van der Waals surface area contributed by atoms with Crippen LogP contribution >= 0.6 is 0 Å². The Bertz CT molecular complexity index is 582. The normalized spacial score (nSPS) is 23.3. The lowest BCUT2D eigenvalue weighted by Crippen LogP contribution is -2.55. The second-order valence-electron chi connectivity index (χ2n) is 5.74. The minimum Gasteiger partial charge on any atom is -0.382 e. The van der Waals surface area contributed by atoms with Crippen molar-refractivity contribution in [1.29, 1.82) is 0 Å². The minimum atomic E-state index is -3.59. The summed E-state index contributed by atoms with van der Waals surface area (Å²) in [5.41, 5.74) is -0.550. The molecule has 1 aromatic heterocycles. The maximum absolute atomic E-state index is 12.8. The summed E-state index contributed by atoms with van der Waals surface area (Å²) in [6, 6.07) is 1.53. The Morgan fingerprint density at radius 1 is 1.52 bits per heavy atom. The molecule has 0 aromatic carbocycles. The average Bonchev–Trinajstić information content (AvgIpc) is 2.86. The lowest BCUT2D eigenvalue weighted by molar-refractivity contribution is -0.135. The molecule has 0 N–H and O–H groups in total. The van der Waals surface area contributed by atoms with Crippen molar-refractivity contribution in [2.75, 3.05) is 26.8 Å². The van der Waals surface area contributed by atoms with Crippen molar-refractivity contribution in [2.24, 2.45) is 0 Å². The first-order valence-electron chi connectivity index (χ1n) is 6.99. The molecule has 120 valence electrons. The van der Waals surface area contributed by atoms with Crippen molar-refractivity contribution in [3.05, 3.63) is 12.3 Å². The third-order valence-corrected chi connectivity index (χ3v) is 5.22. The second kappa shape index (κ2) is 6.04. The van der Waals surface area contributed by atoms with E-state index in [2.05, 4.69) is 5.10 Å². The molecule has 1 saturated heterocycles. The van der Waals surface area contributed by atoms with E-state index in [1.165, 1.54) is 21.3 Å². The SMILES string of the molecule is CCn1nccc1S(=O)(=O)N1C[C@H](COC)OC(C)(C)C1. The summed E-state index contributed by atoms with van der Waals surface area (Å²) >= 11 is 0. The molecule has 1 aliphatic rings. The van der Waals surface area contributed by atoms with Gasteiger partial charge in [0, 0.05) is 26.7 Å². The highest BCUT2D eigenvalue weighted by Crippen LogP contribution is 2.26. The maximum atomic E-state index is 12.8. The number of nitrogens with zero attached hydrogens (tertiary/aromatic N) is 3. The van der Waals surface area contributed by atoms with E-state index in [9.17, 15) is 8.42 Å². The Morgan fingerprint density at radius 2 is 2.24 bits per heavy atom. The fourth-order valence-electron chi connectivity index (χ4n) is 2.61. The molecule has 1 aromatic rings. The zero-order valence-corrected chi connectivity index (χ0v) is 13.8.